The molecular weight excluding hydrogens is 344 g/mol. The van der Waals surface area contributed by atoms with Crippen LogP contribution < -0.4 is 0 Å². The molecule has 0 radical (unpaired) electrons. The van der Waals surface area contributed by atoms with Gasteiger partial charge < -0.3 is 25.2 Å². The molecule has 27 heavy (non-hydrogen) atoms. The molecule has 0 saturated heterocycles. The third kappa shape index (κ3) is 6.40. The molecule has 2 saturated carbocycles. The van der Waals surface area contributed by atoms with E-state index < -0.39 is 35.6 Å². The van der Waals surface area contributed by atoms with Crippen molar-refractivity contribution in [3.8, 4) is 0 Å². The van der Waals surface area contributed by atoms with Gasteiger partial charge in [0.1, 0.15) is 12.2 Å². The van der Waals surface area contributed by atoms with Crippen LogP contribution in [0.2, 0.25) is 0 Å². The molecule has 0 aliphatic heterocycles. The van der Waals surface area contributed by atoms with Crippen LogP contribution in [0.4, 0.5) is 0 Å². The maximum absolute atomic E-state index is 10.9. The summed E-state index contributed by atoms with van der Waals surface area (Å²) in [5, 5.41) is 42.8. The van der Waals surface area contributed by atoms with Crippen molar-refractivity contribution in [2.45, 2.75) is 128 Å². The van der Waals surface area contributed by atoms with Gasteiger partial charge in [-0.15, -0.1) is 0 Å². The van der Waals surface area contributed by atoms with E-state index in [2.05, 4.69) is 0 Å². The predicted molar refractivity (Wildman–Crippen MR) is 106 cm³/mol. The first-order valence-electron chi connectivity index (χ1n) is 11.0. The standard InChI is InChI=1S/C22H42O5/c1-21(2,25)19(23)17(15-11-7-5-8-12-15)27-18(20(24)22(3,4)26)16-13-9-6-10-14-16/h15-20,23-26H,5-14H2,1-4H3. The van der Waals surface area contributed by atoms with Gasteiger partial charge in [-0.1, -0.05) is 38.5 Å². The maximum Gasteiger partial charge on any atom is 0.108 e. The molecule has 2 fully saturated rings. The van der Waals surface area contributed by atoms with E-state index >= 15 is 0 Å². The molecule has 4 atom stereocenters. The molecule has 0 aromatic heterocycles. The molecule has 0 amide bonds. The Hall–Kier alpha value is -0.200. The highest BCUT2D eigenvalue weighted by atomic mass is 16.5. The van der Waals surface area contributed by atoms with E-state index in [4.69, 9.17) is 4.74 Å². The molecule has 5 nitrogen and oxygen atoms in total. The third-order valence-corrected chi connectivity index (χ3v) is 6.61. The average Bonchev–Trinajstić information content (AvgIpc) is 2.61. The molecule has 2 rings (SSSR count). The van der Waals surface area contributed by atoms with Gasteiger partial charge in [-0.05, 0) is 65.2 Å². The van der Waals surface area contributed by atoms with E-state index in [9.17, 15) is 20.4 Å². The van der Waals surface area contributed by atoms with Crippen molar-refractivity contribution in [2.75, 3.05) is 0 Å². The highest BCUT2D eigenvalue weighted by Gasteiger charge is 2.45. The van der Waals surface area contributed by atoms with Crippen molar-refractivity contribution < 1.29 is 25.2 Å². The fraction of sp³-hybridized carbons (Fsp3) is 1.00. The van der Waals surface area contributed by atoms with Gasteiger partial charge in [-0.3, -0.25) is 0 Å². The van der Waals surface area contributed by atoms with Gasteiger partial charge in [0.15, 0.2) is 0 Å². The van der Waals surface area contributed by atoms with Crippen molar-refractivity contribution in [3.63, 3.8) is 0 Å². The second kappa shape index (κ2) is 9.53. The van der Waals surface area contributed by atoms with E-state index in [1.165, 1.54) is 12.8 Å². The van der Waals surface area contributed by atoms with E-state index in [1.807, 2.05) is 0 Å². The third-order valence-electron chi connectivity index (χ3n) is 6.61. The summed E-state index contributed by atoms with van der Waals surface area (Å²) >= 11 is 0. The number of hydrogen-bond acceptors (Lipinski definition) is 5. The SMILES string of the molecule is CC(C)(O)C(O)C(OC(C1CCCCC1)C(O)C(C)(C)O)C1CCCCC1. The molecule has 0 bridgehead atoms. The quantitative estimate of drug-likeness (QED) is 0.514. The Balaban J connectivity index is 2.26. The molecule has 0 aromatic carbocycles. The highest BCUT2D eigenvalue weighted by molar-refractivity contribution is 4.94. The number of hydrogen-bond donors (Lipinski definition) is 4. The second-order valence-corrected chi connectivity index (χ2v) is 10.1. The lowest BCUT2D eigenvalue weighted by Crippen LogP contribution is -2.56. The first-order valence-corrected chi connectivity index (χ1v) is 11.0. The van der Waals surface area contributed by atoms with Crippen molar-refractivity contribution in [2.24, 2.45) is 11.8 Å². The molecule has 4 N–H and O–H groups in total. The average molecular weight is 387 g/mol. The van der Waals surface area contributed by atoms with Crippen LogP contribution in [0.3, 0.4) is 0 Å². The molecule has 160 valence electrons. The lowest BCUT2D eigenvalue weighted by atomic mass is 9.77. The van der Waals surface area contributed by atoms with Crippen LogP contribution in [0.25, 0.3) is 0 Å². The Morgan fingerprint density at radius 3 is 1.19 bits per heavy atom. The Labute approximate surface area is 165 Å². The van der Waals surface area contributed by atoms with Crippen LogP contribution in [0.1, 0.15) is 91.9 Å². The Morgan fingerprint density at radius 2 is 0.926 bits per heavy atom. The summed E-state index contributed by atoms with van der Waals surface area (Å²) in [4.78, 5) is 0. The fourth-order valence-electron chi connectivity index (χ4n) is 4.80. The minimum absolute atomic E-state index is 0.167. The van der Waals surface area contributed by atoms with E-state index in [1.54, 1.807) is 27.7 Å². The zero-order valence-electron chi connectivity index (χ0n) is 17.7. The summed E-state index contributed by atoms with van der Waals surface area (Å²) in [5.41, 5.74) is -2.56. The first-order chi connectivity index (χ1) is 12.5. The number of aliphatic hydroxyl groups is 4. The van der Waals surface area contributed by atoms with Crippen molar-refractivity contribution in [1.82, 2.24) is 0 Å². The number of ether oxygens (including phenoxy) is 1. The summed E-state index contributed by atoms with van der Waals surface area (Å²) < 4.78 is 6.49. The van der Waals surface area contributed by atoms with Gasteiger partial charge in [0, 0.05) is 0 Å². The monoisotopic (exact) mass is 386 g/mol. The van der Waals surface area contributed by atoms with E-state index in [0.29, 0.717) is 0 Å². The summed E-state index contributed by atoms with van der Waals surface area (Å²) in [5.74, 6) is 0.334. The number of rotatable bonds is 8. The molecule has 4 unspecified atom stereocenters. The lowest BCUT2D eigenvalue weighted by Gasteiger charge is -2.44. The topological polar surface area (TPSA) is 90.2 Å². The summed E-state index contributed by atoms with van der Waals surface area (Å²) in [6.45, 7) is 6.44. The zero-order chi connectivity index (χ0) is 20.2. The molecule has 0 heterocycles. The zero-order valence-corrected chi connectivity index (χ0v) is 17.7. The molecule has 2 aliphatic carbocycles. The molecule has 5 heteroatoms. The molecule has 2 aliphatic rings. The van der Waals surface area contributed by atoms with Crippen molar-refractivity contribution in [1.29, 1.82) is 0 Å². The minimum Gasteiger partial charge on any atom is -0.388 e. The second-order valence-electron chi connectivity index (χ2n) is 10.1. The van der Waals surface area contributed by atoms with Crippen LogP contribution in [-0.2, 0) is 4.74 Å². The van der Waals surface area contributed by atoms with Crippen LogP contribution in [0.5, 0.6) is 0 Å². The smallest absolute Gasteiger partial charge is 0.108 e. The number of aliphatic hydroxyl groups excluding tert-OH is 2. The first kappa shape index (κ1) is 23.1. The van der Waals surface area contributed by atoms with Gasteiger partial charge in [0.05, 0.1) is 23.4 Å². The van der Waals surface area contributed by atoms with Crippen LogP contribution >= 0.6 is 0 Å². The van der Waals surface area contributed by atoms with Gasteiger partial charge in [0.25, 0.3) is 0 Å². The Morgan fingerprint density at radius 1 is 0.630 bits per heavy atom. The molecule has 0 spiro atoms. The van der Waals surface area contributed by atoms with Crippen molar-refractivity contribution >= 4 is 0 Å². The van der Waals surface area contributed by atoms with Crippen LogP contribution in [-0.4, -0.2) is 56.0 Å². The van der Waals surface area contributed by atoms with Gasteiger partial charge in [-0.2, -0.15) is 0 Å². The molecular formula is C22H42O5. The minimum atomic E-state index is -1.28. The van der Waals surface area contributed by atoms with Gasteiger partial charge >= 0.3 is 0 Å². The van der Waals surface area contributed by atoms with Gasteiger partial charge in [-0.25, -0.2) is 0 Å². The van der Waals surface area contributed by atoms with Crippen LogP contribution in [0, 0.1) is 11.8 Å². The normalized spacial score (nSPS) is 25.8. The van der Waals surface area contributed by atoms with E-state index in [-0.39, 0.29) is 11.8 Å². The maximum atomic E-state index is 10.9. The van der Waals surface area contributed by atoms with E-state index in [0.717, 1.165) is 51.4 Å². The fourth-order valence-corrected chi connectivity index (χ4v) is 4.80. The van der Waals surface area contributed by atoms with Crippen molar-refractivity contribution in [3.05, 3.63) is 0 Å². The summed E-state index contributed by atoms with van der Waals surface area (Å²) in [7, 11) is 0. The molecule has 0 aromatic rings. The summed E-state index contributed by atoms with van der Waals surface area (Å²) in [6, 6.07) is 0. The summed E-state index contributed by atoms with van der Waals surface area (Å²) in [6.07, 6.45) is 7.54. The highest BCUT2D eigenvalue weighted by Crippen LogP contribution is 2.38. The largest absolute Gasteiger partial charge is 0.388 e. The lowest BCUT2D eigenvalue weighted by molar-refractivity contribution is -0.216. The Kier molecular flexibility index (Phi) is 8.15. The van der Waals surface area contributed by atoms with Gasteiger partial charge in [0.2, 0.25) is 0 Å². The van der Waals surface area contributed by atoms with Crippen LogP contribution in [0.15, 0.2) is 0 Å². The Bertz CT molecular complexity index is 387. The predicted octanol–water partition coefficient (Wildman–Crippen LogP) is 3.16.